The lowest BCUT2D eigenvalue weighted by atomic mass is 9.90. The first-order valence-electron chi connectivity index (χ1n) is 7.36. The third-order valence-corrected chi connectivity index (χ3v) is 3.54. The summed E-state index contributed by atoms with van der Waals surface area (Å²) in [6, 6.07) is -0.0672. The maximum atomic E-state index is 11.9. The minimum absolute atomic E-state index is 0.0672. The molecule has 1 heterocycles. The molecule has 1 aliphatic heterocycles. The highest BCUT2D eigenvalue weighted by Crippen LogP contribution is 2.22. The molecule has 6 heteroatoms. The fourth-order valence-electron chi connectivity index (χ4n) is 2.60. The Morgan fingerprint density at radius 3 is 2.65 bits per heavy atom. The molecule has 1 aliphatic rings. The Morgan fingerprint density at radius 2 is 2.05 bits per heavy atom. The van der Waals surface area contributed by atoms with E-state index in [0.717, 1.165) is 25.7 Å². The smallest absolute Gasteiger partial charge is 0.409 e. The molecule has 2 atom stereocenters. The van der Waals surface area contributed by atoms with Crippen molar-refractivity contribution >= 4 is 12.2 Å². The van der Waals surface area contributed by atoms with Gasteiger partial charge in [-0.2, -0.15) is 0 Å². The molecular weight excluding hydrogens is 260 g/mol. The highest BCUT2D eigenvalue weighted by molar-refractivity contribution is 5.69. The molecule has 0 saturated carbocycles. The van der Waals surface area contributed by atoms with Crippen LogP contribution in [0.1, 0.15) is 39.5 Å². The van der Waals surface area contributed by atoms with Gasteiger partial charge in [0.2, 0.25) is 0 Å². The van der Waals surface area contributed by atoms with Gasteiger partial charge in [0.1, 0.15) is 0 Å². The number of amides is 2. The van der Waals surface area contributed by atoms with E-state index in [1.54, 1.807) is 11.8 Å². The van der Waals surface area contributed by atoms with Crippen LogP contribution in [0.3, 0.4) is 0 Å². The Bertz CT molecular complexity index is 322. The first-order chi connectivity index (χ1) is 9.60. The summed E-state index contributed by atoms with van der Waals surface area (Å²) >= 11 is 0. The summed E-state index contributed by atoms with van der Waals surface area (Å²) in [6.45, 7) is 5.50. The van der Waals surface area contributed by atoms with Gasteiger partial charge in [-0.3, -0.25) is 0 Å². The molecule has 0 radical (unpaired) electrons. The average Bonchev–Trinajstić information content (AvgIpc) is 2.45. The molecule has 0 aliphatic carbocycles. The average molecular weight is 286 g/mol. The van der Waals surface area contributed by atoms with Crippen molar-refractivity contribution in [1.29, 1.82) is 0 Å². The van der Waals surface area contributed by atoms with Crippen LogP contribution < -0.4 is 5.32 Å². The minimum Gasteiger partial charge on any atom is -0.453 e. The lowest BCUT2D eigenvalue weighted by Gasteiger charge is -2.37. The van der Waals surface area contributed by atoms with Crippen LogP contribution in [0.4, 0.5) is 9.59 Å². The van der Waals surface area contributed by atoms with Crippen LogP contribution in [0, 0.1) is 5.92 Å². The van der Waals surface area contributed by atoms with E-state index in [0.29, 0.717) is 25.6 Å². The van der Waals surface area contributed by atoms with Crippen LogP contribution in [0.15, 0.2) is 0 Å². The van der Waals surface area contributed by atoms with Crippen molar-refractivity contribution in [1.82, 2.24) is 10.2 Å². The molecule has 20 heavy (non-hydrogen) atoms. The summed E-state index contributed by atoms with van der Waals surface area (Å²) in [5.74, 6) is 0.398. The standard InChI is InChI=1S/C14H26N2O4/c1-4-6-7-11-8-12(15-13(17)19-3)10-16(9-11)14(18)20-5-2/h11-12H,4-10H2,1-3H3,(H,15,17). The number of hydrogen-bond donors (Lipinski definition) is 1. The fraction of sp³-hybridized carbons (Fsp3) is 0.857. The van der Waals surface area contributed by atoms with Gasteiger partial charge in [-0.05, 0) is 25.7 Å². The van der Waals surface area contributed by atoms with Crippen LogP contribution >= 0.6 is 0 Å². The summed E-state index contributed by atoms with van der Waals surface area (Å²) < 4.78 is 9.68. The van der Waals surface area contributed by atoms with Crippen molar-refractivity contribution in [2.75, 3.05) is 26.8 Å². The molecule has 1 N–H and O–H groups in total. The lowest BCUT2D eigenvalue weighted by Crippen LogP contribution is -2.52. The first-order valence-corrected chi connectivity index (χ1v) is 7.36. The number of carbonyl (C=O) groups is 2. The maximum Gasteiger partial charge on any atom is 0.409 e. The third kappa shape index (κ3) is 5.27. The number of ether oxygens (including phenoxy) is 2. The first kappa shape index (κ1) is 16.6. The van der Waals surface area contributed by atoms with Crippen molar-refractivity contribution in [3.05, 3.63) is 0 Å². The minimum atomic E-state index is -0.449. The van der Waals surface area contributed by atoms with Gasteiger partial charge >= 0.3 is 12.2 Å². The predicted molar refractivity (Wildman–Crippen MR) is 75.6 cm³/mol. The van der Waals surface area contributed by atoms with Gasteiger partial charge in [-0.25, -0.2) is 9.59 Å². The van der Waals surface area contributed by atoms with E-state index in [1.165, 1.54) is 7.11 Å². The van der Waals surface area contributed by atoms with Crippen LogP contribution in [0.2, 0.25) is 0 Å². The molecule has 0 aromatic rings. The molecular formula is C14H26N2O4. The second kappa shape index (κ2) is 8.66. The maximum absolute atomic E-state index is 11.9. The zero-order valence-electron chi connectivity index (χ0n) is 12.7. The second-order valence-electron chi connectivity index (χ2n) is 5.18. The summed E-state index contributed by atoms with van der Waals surface area (Å²) in [5, 5.41) is 2.79. The Morgan fingerprint density at radius 1 is 1.30 bits per heavy atom. The molecule has 6 nitrogen and oxygen atoms in total. The Hall–Kier alpha value is -1.46. The van der Waals surface area contributed by atoms with Crippen molar-refractivity contribution in [3.63, 3.8) is 0 Å². The summed E-state index contributed by atoms with van der Waals surface area (Å²) in [7, 11) is 1.34. The van der Waals surface area contributed by atoms with Gasteiger partial charge in [-0.1, -0.05) is 19.8 Å². The predicted octanol–water partition coefficient (Wildman–Crippen LogP) is 2.38. The summed E-state index contributed by atoms with van der Waals surface area (Å²) in [4.78, 5) is 24.9. The largest absolute Gasteiger partial charge is 0.453 e. The number of hydrogen-bond acceptors (Lipinski definition) is 4. The molecule has 0 aromatic carbocycles. The Labute approximate surface area is 120 Å². The van der Waals surface area contributed by atoms with E-state index in [2.05, 4.69) is 17.0 Å². The summed E-state index contributed by atoms with van der Waals surface area (Å²) in [5.41, 5.74) is 0. The van der Waals surface area contributed by atoms with E-state index in [1.807, 2.05) is 0 Å². The number of carbonyl (C=O) groups excluding carboxylic acids is 2. The van der Waals surface area contributed by atoms with E-state index in [9.17, 15) is 9.59 Å². The normalized spacial score (nSPS) is 22.2. The quantitative estimate of drug-likeness (QED) is 0.842. The topological polar surface area (TPSA) is 67.9 Å². The Balaban J connectivity index is 2.61. The van der Waals surface area contributed by atoms with E-state index >= 15 is 0 Å². The summed E-state index contributed by atoms with van der Waals surface area (Å²) in [6.07, 6.45) is 3.45. The molecule has 1 saturated heterocycles. The van der Waals surface area contributed by atoms with E-state index < -0.39 is 6.09 Å². The zero-order chi connectivity index (χ0) is 15.0. The van der Waals surface area contributed by atoms with Crippen molar-refractivity contribution in [2.24, 2.45) is 5.92 Å². The number of likely N-dealkylation sites (tertiary alicyclic amines) is 1. The molecule has 1 fully saturated rings. The van der Waals surface area contributed by atoms with Crippen LogP contribution in [-0.4, -0.2) is 49.9 Å². The zero-order valence-corrected chi connectivity index (χ0v) is 12.7. The van der Waals surface area contributed by atoms with Crippen LogP contribution in [0.5, 0.6) is 0 Å². The Kier molecular flexibility index (Phi) is 7.18. The van der Waals surface area contributed by atoms with Gasteiger partial charge in [0.15, 0.2) is 0 Å². The second-order valence-corrected chi connectivity index (χ2v) is 5.18. The van der Waals surface area contributed by atoms with Gasteiger partial charge < -0.3 is 19.7 Å². The number of piperidine rings is 1. The molecule has 116 valence electrons. The van der Waals surface area contributed by atoms with Crippen molar-refractivity contribution in [3.8, 4) is 0 Å². The van der Waals surface area contributed by atoms with E-state index in [-0.39, 0.29) is 12.1 Å². The van der Waals surface area contributed by atoms with Crippen LogP contribution in [0.25, 0.3) is 0 Å². The molecule has 1 rings (SSSR count). The van der Waals surface area contributed by atoms with Crippen molar-refractivity contribution in [2.45, 2.75) is 45.6 Å². The highest BCUT2D eigenvalue weighted by atomic mass is 16.6. The van der Waals surface area contributed by atoms with E-state index in [4.69, 9.17) is 4.74 Å². The highest BCUT2D eigenvalue weighted by Gasteiger charge is 2.31. The van der Waals surface area contributed by atoms with Gasteiger partial charge in [0.05, 0.1) is 19.8 Å². The van der Waals surface area contributed by atoms with Gasteiger partial charge in [-0.15, -0.1) is 0 Å². The molecule has 0 bridgehead atoms. The molecule has 0 spiro atoms. The lowest BCUT2D eigenvalue weighted by molar-refractivity contribution is 0.0753. The number of unbranched alkanes of at least 4 members (excludes halogenated alkanes) is 1. The number of nitrogens with zero attached hydrogens (tertiary/aromatic N) is 1. The number of rotatable bonds is 5. The fourth-order valence-corrected chi connectivity index (χ4v) is 2.60. The molecule has 2 unspecified atom stereocenters. The van der Waals surface area contributed by atoms with Crippen molar-refractivity contribution < 1.29 is 19.1 Å². The van der Waals surface area contributed by atoms with Gasteiger partial charge in [0, 0.05) is 13.1 Å². The number of methoxy groups -OCH3 is 1. The SMILES string of the molecule is CCCCC1CC(NC(=O)OC)CN(C(=O)OCC)C1. The molecule has 2 amide bonds. The van der Waals surface area contributed by atoms with Gasteiger partial charge in [0.25, 0.3) is 0 Å². The molecule has 0 aromatic heterocycles. The third-order valence-electron chi connectivity index (χ3n) is 3.54. The monoisotopic (exact) mass is 286 g/mol. The number of nitrogens with one attached hydrogen (secondary N) is 1. The van der Waals surface area contributed by atoms with Crippen LogP contribution in [-0.2, 0) is 9.47 Å². The number of alkyl carbamates (subject to hydrolysis) is 1.